The number of hydrogen-bond acceptors (Lipinski definition) is 4. The molecule has 0 radical (unpaired) electrons. The van der Waals surface area contributed by atoms with Crippen molar-refractivity contribution in [2.24, 2.45) is 0 Å². The molecule has 4 heteroatoms. The summed E-state index contributed by atoms with van der Waals surface area (Å²) in [6.07, 6.45) is 3.41. The van der Waals surface area contributed by atoms with E-state index in [1.165, 1.54) is 0 Å². The number of rotatable bonds is 1. The SMILES string of the molecule is [2H]C1CNCCN1c1ncccn1. The molecule has 0 aromatic carbocycles. The van der Waals surface area contributed by atoms with E-state index in [0.29, 0.717) is 12.5 Å². The smallest absolute Gasteiger partial charge is 0.225 e. The molecule has 0 saturated carbocycles. The van der Waals surface area contributed by atoms with E-state index in [0.717, 1.165) is 13.1 Å². The van der Waals surface area contributed by atoms with Gasteiger partial charge >= 0.3 is 0 Å². The lowest BCUT2D eigenvalue weighted by Gasteiger charge is -2.26. The molecular weight excluding hydrogens is 152 g/mol. The first-order valence-corrected chi connectivity index (χ1v) is 4.04. The molecule has 1 unspecified atom stereocenters. The molecule has 1 aliphatic heterocycles. The summed E-state index contributed by atoms with van der Waals surface area (Å²) < 4.78 is 7.75. The molecule has 2 heterocycles. The topological polar surface area (TPSA) is 41.0 Å². The Balaban J connectivity index is 2.15. The lowest BCUT2D eigenvalue weighted by atomic mass is 10.4. The third-order valence-corrected chi connectivity index (χ3v) is 1.79. The van der Waals surface area contributed by atoms with Gasteiger partial charge in [0.2, 0.25) is 5.95 Å². The summed E-state index contributed by atoms with van der Waals surface area (Å²) in [6, 6.07) is 1.78. The van der Waals surface area contributed by atoms with E-state index in [4.69, 9.17) is 1.37 Å². The number of nitrogens with one attached hydrogen (secondary N) is 1. The first kappa shape index (κ1) is 6.37. The van der Waals surface area contributed by atoms with Crippen molar-refractivity contribution in [2.45, 2.75) is 0 Å². The summed E-state index contributed by atoms with van der Waals surface area (Å²) in [7, 11) is 0. The Hall–Kier alpha value is -1.16. The van der Waals surface area contributed by atoms with E-state index in [1.54, 1.807) is 18.5 Å². The number of piperazine rings is 1. The fourth-order valence-corrected chi connectivity index (χ4v) is 1.19. The standard InChI is InChI=1S/C8H12N4/c1-2-10-8(11-3-1)12-6-4-9-5-7-12/h1-3,9H,4-7H2/i6D. The molecule has 1 saturated heterocycles. The molecule has 0 spiro atoms. The van der Waals surface area contributed by atoms with Gasteiger partial charge in [0.05, 0.1) is 1.37 Å². The van der Waals surface area contributed by atoms with Crippen LogP contribution in [0.5, 0.6) is 0 Å². The number of hydrogen-bond donors (Lipinski definition) is 1. The van der Waals surface area contributed by atoms with Crippen molar-refractivity contribution in [3.63, 3.8) is 0 Å². The van der Waals surface area contributed by atoms with Crippen LogP contribution in [-0.4, -0.2) is 36.1 Å². The minimum Gasteiger partial charge on any atom is -0.338 e. The highest BCUT2D eigenvalue weighted by Gasteiger charge is 2.11. The second kappa shape index (κ2) is 3.49. The maximum Gasteiger partial charge on any atom is 0.225 e. The van der Waals surface area contributed by atoms with E-state index in [2.05, 4.69) is 15.3 Å². The first-order chi connectivity index (χ1) is 6.38. The van der Waals surface area contributed by atoms with Crippen LogP contribution in [0.3, 0.4) is 0 Å². The minimum absolute atomic E-state index is 0.267. The molecule has 0 amide bonds. The van der Waals surface area contributed by atoms with Gasteiger partial charge in [0.1, 0.15) is 0 Å². The highest BCUT2D eigenvalue weighted by Crippen LogP contribution is 2.04. The van der Waals surface area contributed by atoms with Crippen LogP contribution < -0.4 is 10.2 Å². The van der Waals surface area contributed by atoms with Crippen LogP contribution in [0.4, 0.5) is 5.95 Å². The van der Waals surface area contributed by atoms with Crippen LogP contribution >= 0.6 is 0 Å². The zero-order chi connectivity index (χ0) is 9.10. The fourth-order valence-electron chi connectivity index (χ4n) is 1.19. The molecule has 1 N–H and O–H groups in total. The predicted octanol–water partition coefficient (Wildman–Crippen LogP) is -0.114. The predicted molar refractivity (Wildman–Crippen MR) is 47.1 cm³/mol. The molecule has 0 aliphatic carbocycles. The molecular formula is C8H12N4. The maximum absolute atomic E-state index is 7.75. The first-order valence-electron chi connectivity index (χ1n) is 4.62. The lowest BCUT2D eigenvalue weighted by molar-refractivity contribution is 0.580. The highest BCUT2D eigenvalue weighted by molar-refractivity contribution is 5.28. The zero-order valence-corrected chi connectivity index (χ0v) is 6.77. The third kappa shape index (κ3) is 1.53. The van der Waals surface area contributed by atoms with Crippen molar-refractivity contribution < 1.29 is 1.37 Å². The van der Waals surface area contributed by atoms with Crippen molar-refractivity contribution in [1.82, 2.24) is 15.3 Å². The van der Waals surface area contributed by atoms with E-state index in [1.807, 2.05) is 4.90 Å². The Bertz CT molecular complexity index is 266. The average Bonchev–Trinajstić information content (AvgIpc) is 2.20. The van der Waals surface area contributed by atoms with Gasteiger partial charge in [-0.15, -0.1) is 0 Å². The van der Waals surface area contributed by atoms with E-state index < -0.39 is 0 Å². The molecule has 1 atom stereocenters. The van der Waals surface area contributed by atoms with Gasteiger partial charge < -0.3 is 10.2 Å². The Morgan fingerprint density at radius 3 is 3.00 bits per heavy atom. The molecule has 0 bridgehead atoms. The van der Waals surface area contributed by atoms with Crippen molar-refractivity contribution in [3.8, 4) is 0 Å². The lowest BCUT2D eigenvalue weighted by Crippen LogP contribution is -2.44. The van der Waals surface area contributed by atoms with Gasteiger partial charge in [-0.1, -0.05) is 0 Å². The van der Waals surface area contributed by atoms with Gasteiger partial charge in [0.15, 0.2) is 0 Å². The quantitative estimate of drug-likeness (QED) is 0.630. The van der Waals surface area contributed by atoms with Gasteiger partial charge in [-0.3, -0.25) is 0 Å². The zero-order valence-electron chi connectivity index (χ0n) is 7.77. The Kier molecular flexibility index (Phi) is 1.85. The van der Waals surface area contributed by atoms with Gasteiger partial charge in [-0.05, 0) is 6.07 Å². The third-order valence-electron chi connectivity index (χ3n) is 1.79. The normalized spacial score (nSPS) is 25.2. The number of aromatic nitrogens is 2. The molecule has 1 fully saturated rings. The highest BCUT2D eigenvalue weighted by atomic mass is 15.3. The van der Waals surface area contributed by atoms with Crippen LogP contribution in [0.2, 0.25) is 0 Å². The van der Waals surface area contributed by atoms with Crippen molar-refractivity contribution >= 4 is 5.95 Å². The van der Waals surface area contributed by atoms with Gasteiger partial charge in [0, 0.05) is 38.5 Å². The number of nitrogens with zero attached hydrogens (tertiary/aromatic N) is 3. The van der Waals surface area contributed by atoms with Crippen molar-refractivity contribution in [1.29, 1.82) is 0 Å². The summed E-state index contributed by atoms with van der Waals surface area (Å²) in [5.41, 5.74) is 0. The van der Waals surface area contributed by atoms with Gasteiger partial charge in [-0.2, -0.15) is 0 Å². The van der Waals surface area contributed by atoms with Crippen LogP contribution in [-0.2, 0) is 0 Å². The molecule has 12 heavy (non-hydrogen) atoms. The number of anilines is 1. The van der Waals surface area contributed by atoms with Crippen LogP contribution in [0.15, 0.2) is 18.5 Å². The summed E-state index contributed by atoms with van der Waals surface area (Å²) in [4.78, 5) is 10.1. The summed E-state index contributed by atoms with van der Waals surface area (Å²) >= 11 is 0. The van der Waals surface area contributed by atoms with Gasteiger partial charge in [0.25, 0.3) is 0 Å². The molecule has 64 valence electrons. The second-order valence-electron chi connectivity index (χ2n) is 2.63. The maximum atomic E-state index is 7.75. The van der Waals surface area contributed by atoms with E-state index in [-0.39, 0.29) is 6.52 Å². The fraction of sp³-hybridized carbons (Fsp3) is 0.500. The van der Waals surface area contributed by atoms with E-state index >= 15 is 0 Å². The van der Waals surface area contributed by atoms with Crippen LogP contribution in [0.1, 0.15) is 1.37 Å². The Morgan fingerprint density at radius 1 is 1.42 bits per heavy atom. The van der Waals surface area contributed by atoms with Crippen LogP contribution in [0.25, 0.3) is 0 Å². The monoisotopic (exact) mass is 165 g/mol. The molecule has 1 aromatic heterocycles. The molecule has 4 nitrogen and oxygen atoms in total. The Morgan fingerprint density at radius 2 is 2.25 bits per heavy atom. The van der Waals surface area contributed by atoms with Crippen LogP contribution in [0, 0.1) is 0 Å². The summed E-state index contributed by atoms with van der Waals surface area (Å²) in [6.45, 7) is 2.11. The largest absolute Gasteiger partial charge is 0.338 e. The minimum atomic E-state index is -0.267. The molecule has 1 aliphatic rings. The summed E-state index contributed by atoms with van der Waals surface area (Å²) in [5, 5.41) is 3.15. The van der Waals surface area contributed by atoms with Crippen molar-refractivity contribution in [3.05, 3.63) is 18.5 Å². The second-order valence-corrected chi connectivity index (χ2v) is 2.63. The summed E-state index contributed by atoms with van der Waals surface area (Å²) in [5.74, 6) is 0.656. The van der Waals surface area contributed by atoms with E-state index in [9.17, 15) is 0 Å². The molecule has 2 rings (SSSR count). The van der Waals surface area contributed by atoms with Gasteiger partial charge in [-0.25, -0.2) is 9.97 Å². The Labute approximate surface area is 73.0 Å². The van der Waals surface area contributed by atoms with Crippen molar-refractivity contribution in [2.75, 3.05) is 31.1 Å². The average molecular weight is 165 g/mol. The molecule has 1 aromatic rings.